The molecule has 1 atom stereocenters. The molecule has 0 spiro atoms. The Morgan fingerprint density at radius 3 is 2.37 bits per heavy atom. The first-order chi connectivity index (χ1) is 14.4. The predicted octanol–water partition coefficient (Wildman–Crippen LogP) is 4.07. The Morgan fingerprint density at radius 2 is 1.90 bits per heavy atom. The minimum absolute atomic E-state index is 0.0322. The number of carboxylic acid groups (broad SMARTS) is 1. The molecule has 0 saturated heterocycles. The molecule has 1 aliphatic carbocycles. The first-order valence-corrected chi connectivity index (χ1v) is 11.8. The monoisotopic (exact) mass is 449 g/mol. The molecule has 0 aromatic carbocycles. The molecule has 2 aromatic heterocycles. The Morgan fingerprint density at radius 1 is 1.27 bits per heavy atom. The molecule has 3 rings (SSSR count). The van der Waals surface area contributed by atoms with E-state index < -0.39 is 23.6 Å². The van der Waals surface area contributed by atoms with E-state index in [0.29, 0.717) is 28.6 Å². The van der Waals surface area contributed by atoms with E-state index >= 15 is 0 Å². The van der Waals surface area contributed by atoms with Crippen molar-refractivity contribution >= 4 is 34.6 Å². The minimum Gasteiger partial charge on any atom is -0.481 e. The molecular weight excluding hydrogens is 422 g/mol. The SMILES string of the molecule is CN(/C=C/C(CC1CCC1)OC(=O)C(O)(c1cccs1)c1cccs1)CCC(=O)O. The molecule has 6 nitrogen and oxygen atoms in total. The molecule has 0 bridgehead atoms. The van der Waals surface area contributed by atoms with Crippen LogP contribution >= 0.6 is 22.7 Å². The highest BCUT2D eigenvalue weighted by Crippen LogP contribution is 2.38. The van der Waals surface area contributed by atoms with Crippen LogP contribution < -0.4 is 0 Å². The molecule has 30 heavy (non-hydrogen) atoms. The highest BCUT2D eigenvalue weighted by molar-refractivity contribution is 7.12. The van der Waals surface area contributed by atoms with Crippen molar-refractivity contribution in [3.05, 3.63) is 57.1 Å². The third-order valence-electron chi connectivity index (χ3n) is 5.33. The molecule has 162 valence electrons. The van der Waals surface area contributed by atoms with Crippen LogP contribution in [0.1, 0.15) is 41.9 Å². The summed E-state index contributed by atoms with van der Waals surface area (Å²) in [4.78, 5) is 26.8. The number of carbonyl (C=O) groups excluding carboxylic acids is 1. The molecule has 0 aliphatic heterocycles. The van der Waals surface area contributed by atoms with Crippen LogP contribution in [0.15, 0.2) is 47.3 Å². The Kier molecular flexibility index (Phi) is 7.69. The number of nitrogens with zero attached hydrogens (tertiary/aromatic N) is 1. The van der Waals surface area contributed by atoms with Crippen molar-refractivity contribution < 1.29 is 24.5 Å². The quantitative estimate of drug-likeness (QED) is 0.503. The third kappa shape index (κ3) is 5.50. The second-order valence-electron chi connectivity index (χ2n) is 7.61. The normalized spacial score (nSPS) is 15.7. The van der Waals surface area contributed by atoms with E-state index in [1.165, 1.54) is 29.1 Å². The first kappa shape index (κ1) is 22.5. The molecule has 1 aliphatic rings. The van der Waals surface area contributed by atoms with E-state index in [4.69, 9.17) is 9.84 Å². The average Bonchev–Trinajstić information content (AvgIpc) is 3.40. The topological polar surface area (TPSA) is 87.1 Å². The molecule has 1 saturated carbocycles. The van der Waals surface area contributed by atoms with Gasteiger partial charge >= 0.3 is 11.9 Å². The standard InChI is InChI=1S/C22H27NO5S2/c1-23(12-10-20(24)25)11-9-17(15-16-5-2-6-16)28-21(26)22(27,18-7-3-13-29-18)19-8-4-14-30-19/h3-4,7-9,11,13-14,16-17,27H,2,5-6,10,12,15H2,1H3,(H,24,25)/b11-9+. The van der Waals surface area contributed by atoms with Gasteiger partial charge in [0.15, 0.2) is 0 Å². The van der Waals surface area contributed by atoms with Crippen molar-refractivity contribution in [3.63, 3.8) is 0 Å². The summed E-state index contributed by atoms with van der Waals surface area (Å²) >= 11 is 2.63. The molecule has 2 N–H and O–H groups in total. The fraction of sp³-hybridized carbons (Fsp3) is 0.455. The zero-order chi connectivity index (χ0) is 21.6. The van der Waals surface area contributed by atoms with Crippen LogP contribution in [0.2, 0.25) is 0 Å². The van der Waals surface area contributed by atoms with E-state index in [2.05, 4.69) is 0 Å². The summed E-state index contributed by atoms with van der Waals surface area (Å²) in [5.74, 6) is -1.05. The number of aliphatic hydroxyl groups is 1. The van der Waals surface area contributed by atoms with Gasteiger partial charge < -0.3 is 19.8 Å². The highest BCUT2D eigenvalue weighted by atomic mass is 32.1. The van der Waals surface area contributed by atoms with Gasteiger partial charge in [0.2, 0.25) is 5.60 Å². The zero-order valence-electron chi connectivity index (χ0n) is 16.9. The maximum absolute atomic E-state index is 13.2. The van der Waals surface area contributed by atoms with Gasteiger partial charge in [0, 0.05) is 13.6 Å². The molecule has 8 heteroatoms. The van der Waals surface area contributed by atoms with Gasteiger partial charge in [-0.05, 0) is 47.5 Å². The van der Waals surface area contributed by atoms with Crippen molar-refractivity contribution in [1.82, 2.24) is 4.90 Å². The lowest BCUT2D eigenvalue weighted by molar-refractivity contribution is -0.166. The van der Waals surface area contributed by atoms with Gasteiger partial charge in [0.25, 0.3) is 0 Å². The Bertz CT molecular complexity index is 809. The second kappa shape index (κ2) is 10.2. The smallest absolute Gasteiger partial charge is 0.350 e. The second-order valence-corrected chi connectivity index (χ2v) is 9.50. The van der Waals surface area contributed by atoms with Gasteiger partial charge in [-0.3, -0.25) is 4.79 Å². The van der Waals surface area contributed by atoms with E-state index in [1.807, 2.05) is 10.8 Å². The lowest BCUT2D eigenvalue weighted by Crippen LogP contribution is -2.39. The van der Waals surface area contributed by atoms with Crippen LogP contribution in [-0.2, 0) is 19.9 Å². The number of esters is 1. The largest absolute Gasteiger partial charge is 0.481 e. The third-order valence-corrected chi connectivity index (χ3v) is 7.29. The van der Waals surface area contributed by atoms with Crippen molar-refractivity contribution in [2.24, 2.45) is 5.92 Å². The Hall–Kier alpha value is -2.16. The van der Waals surface area contributed by atoms with Crippen molar-refractivity contribution in [2.75, 3.05) is 13.6 Å². The Labute approximate surface area is 184 Å². The number of carbonyl (C=O) groups is 2. The number of hydrogen-bond donors (Lipinski definition) is 2. The zero-order valence-corrected chi connectivity index (χ0v) is 18.5. The van der Waals surface area contributed by atoms with Gasteiger partial charge in [-0.25, -0.2) is 4.79 Å². The molecule has 2 heterocycles. The average molecular weight is 450 g/mol. The van der Waals surface area contributed by atoms with Gasteiger partial charge in [0.05, 0.1) is 16.2 Å². The summed E-state index contributed by atoms with van der Waals surface area (Å²) in [6.07, 6.45) is 7.19. The van der Waals surface area contributed by atoms with Crippen molar-refractivity contribution in [3.8, 4) is 0 Å². The lowest BCUT2D eigenvalue weighted by Gasteiger charge is -2.31. The van der Waals surface area contributed by atoms with Gasteiger partial charge in [-0.1, -0.05) is 31.4 Å². The number of thiophene rings is 2. The van der Waals surface area contributed by atoms with E-state index in [0.717, 1.165) is 12.8 Å². The molecule has 2 aromatic rings. The molecule has 1 fully saturated rings. The number of hydrogen-bond acceptors (Lipinski definition) is 7. The minimum atomic E-state index is -1.83. The summed E-state index contributed by atoms with van der Waals surface area (Å²) < 4.78 is 5.84. The summed E-state index contributed by atoms with van der Waals surface area (Å²) in [5.41, 5.74) is -1.83. The maximum atomic E-state index is 13.2. The van der Waals surface area contributed by atoms with E-state index in [1.54, 1.807) is 48.5 Å². The summed E-state index contributed by atoms with van der Waals surface area (Å²) in [7, 11) is 1.79. The van der Waals surface area contributed by atoms with Crippen LogP contribution in [0, 0.1) is 5.92 Å². The van der Waals surface area contributed by atoms with Crippen molar-refractivity contribution in [2.45, 2.75) is 43.8 Å². The van der Waals surface area contributed by atoms with Crippen LogP contribution in [0.4, 0.5) is 0 Å². The van der Waals surface area contributed by atoms with E-state index in [-0.39, 0.29) is 6.42 Å². The van der Waals surface area contributed by atoms with Crippen LogP contribution in [0.25, 0.3) is 0 Å². The molecule has 0 amide bonds. The number of carboxylic acids is 1. The fourth-order valence-electron chi connectivity index (χ4n) is 3.33. The van der Waals surface area contributed by atoms with Crippen LogP contribution in [0.5, 0.6) is 0 Å². The summed E-state index contributed by atoms with van der Waals surface area (Å²) in [6, 6.07) is 7.08. The highest BCUT2D eigenvalue weighted by Gasteiger charge is 2.44. The number of aliphatic carboxylic acids is 1. The maximum Gasteiger partial charge on any atom is 0.350 e. The van der Waals surface area contributed by atoms with E-state index in [9.17, 15) is 14.7 Å². The summed E-state index contributed by atoms with van der Waals surface area (Å²) in [5, 5.41) is 23.9. The van der Waals surface area contributed by atoms with Crippen LogP contribution in [-0.4, -0.2) is 46.7 Å². The van der Waals surface area contributed by atoms with Gasteiger partial charge in [-0.15, -0.1) is 22.7 Å². The fourth-order valence-corrected chi connectivity index (χ4v) is 5.04. The molecule has 1 unspecified atom stereocenters. The van der Waals surface area contributed by atoms with Crippen molar-refractivity contribution in [1.29, 1.82) is 0 Å². The lowest BCUT2D eigenvalue weighted by atomic mass is 9.81. The number of rotatable bonds is 11. The number of ether oxygens (including phenoxy) is 1. The molecular formula is C22H27NO5S2. The Balaban J connectivity index is 1.76. The van der Waals surface area contributed by atoms with Gasteiger partial charge in [-0.2, -0.15) is 0 Å². The first-order valence-electron chi connectivity index (χ1n) is 10.0. The molecule has 0 radical (unpaired) electrons. The predicted molar refractivity (Wildman–Crippen MR) is 117 cm³/mol. The van der Waals surface area contributed by atoms with Crippen LogP contribution in [0.3, 0.4) is 0 Å². The summed E-state index contributed by atoms with van der Waals surface area (Å²) in [6.45, 7) is 0.365. The van der Waals surface area contributed by atoms with Gasteiger partial charge in [0.1, 0.15) is 6.10 Å².